The lowest BCUT2D eigenvalue weighted by molar-refractivity contribution is 0.173. The van der Waals surface area contributed by atoms with E-state index in [1.54, 1.807) is 0 Å². The van der Waals surface area contributed by atoms with Gasteiger partial charge in [-0.05, 0) is 68.8 Å². The molecule has 1 saturated heterocycles. The molecule has 1 unspecified atom stereocenters. The van der Waals surface area contributed by atoms with Gasteiger partial charge in [0.1, 0.15) is 0 Å². The number of nitrogens with zero attached hydrogens (tertiary/aromatic N) is 2. The Morgan fingerprint density at radius 2 is 1.90 bits per heavy atom. The highest BCUT2D eigenvalue weighted by Crippen LogP contribution is 2.34. The van der Waals surface area contributed by atoms with Crippen LogP contribution in [0, 0.1) is 5.92 Å². The van der Waals surface area contributed by atoms with Crippen LogP contribution in [0.1, 0.15) is 37.7 Å². The van der Waals surface area contributed by atoms with Crippen LogP contribution in [0.2, 0.25) is 0 Å². The monoisotopic (exact) mass is 289 g/mol. The molecule has 116 valence electrons. The van der Waals surface area contributed by atoms with Gasteiger partial charge in [-0.1, -0.05) is 0 Å². The molecule has 2 heterocycles. The van der Waals surface area contributed by atoms with E-state index in [4.69, 9.17) is 0 Å². The van der Waals surface area contributed by atoms with Crippen LogP contribution in [0.3, 0.4) is 0 Å². The Bertz CT molecular complexity index is 413. The fraction of sp³-hybridized carbons (Fsp3) is 0.706. The number of hydrogen-bond acceptors (Lipinski definition) is 4. The van der Waals surface area contributed by atoms with Gasteiger partial charge in [-0.15, -0.1) is 0 Å². The third-order valence-corrected chi connectivity index (χ3v) is 4.82. The molecule has 1 aromatic heterocycles. The molecule has 1 aromatic rings. The molecule has 4 heteroatoms. The number of aliphatic hydroxyl groups excluding tert-OH is 1. The van der Waals surface area contributed by atoms with Crippen molar-refractivity contribution in [2.45, 2.75) is 50.7 Å². The minimum absolute atomic E-state index is 0.315. The van der Waals surface area contributed by atoms with Crippen molar-refractivity contribution in [1.29, 1.82) is 0 Å². The Morgan fingerprint density at radius 1 is 1.19 bits per heavy atom. The number of pyridine rings is 1. The van der Waals surface area contributed by atoms with E-state index in [-0.39, 0.29) is 0 Å². The SMILES string of the molecule is OCCC(NC1CCN(Cc2ccncc2)CC1)C1CC1. The molecule has 1 atom stereocenters. The summed E-state index contributed by atoms with van der Waals surface area (Å²) in [7, 11) is 0. The van der Waals surface area contributed by atoms with Crippen LogP contribution < -0.4 is 5.32 Å². The zero-order valence-electron chi connectivity index (χ0n) is 12.7. The smallest absolute Gasteiger partial charge is 0.0445 e. The summed E-state index contributed by atoms with van der Waals surface area (Å²) in [5.74, 6) is 0.826. The van der Waals surface area contributed by atoms with Crippen molar-refractivity contribution in [2.24, 2.45) is 5.92 Å². The predicted molar refractivity (Wildman–Crippen MR) is 83.9 cm³/mol. The van der Waals surface area contributed by atoms with Crippen LogP contribution in [0.5, 0.6) is 0 Å². The highest BCUT2D eigenvalue weighted by atomic mass is 16.3. The van der Waals surface area contributed by atoms with E-state index < -0.39 is 0 Å². The summed E-state index contributed by atoms with van der Waals surface area (Å²) >= 11 is 0. The molecule has 2 fully saturated rings. The molecule has 1 aliphatic heterocycles. The third-order valence-electron chi connectivity index (χ3n) is 4.82. The molecular formula is C17H27N3O. The van der Waals surface area contributed by atoms with Gasteiger partial charge >= 0.3 is 0 Å². The van der Waals surface area contributed by atoms with Gasteiger partial charge < -0.3 is 10.4 Å². The van der Waals surface area contributed by atoms with E-state index >= 15 is 0 Å². The van der Waals surface area contributed by atoms with E-state index in [9.17, 15) is 5.11 Å². The van der Waals surface area contributed by atoms with Crippen LogP contribution in [-0.2, 0) is 6.54 Å². The van der Waals surface area contributed by atoms with Crippen molar-refractivity contribution in [1.82, 2.24) is 15.2 Å². The largest absolute Gasteiger partial charge is 0.396 e. The standard InChI is InChI=1S/C17H27N3O/c21-12-7-17(15-1-2-15)19-16-5-10-20(11-6-16)13-14-3-8-18-9-4-14/h3-4,8-9,15-17,19,21H,1-2,5-7,10-13H2. The van der Waals surface area contributed by atoms with Gasteiger partial charge in [0.2, 0.25) is 0 Å². The minimum atomic E-state index is 0.315. The first-order valence-corrected chi connectivity index (χ1v) is 8.33. The zero-order chi connectivity index (χ0) is 14.5. The van der Waals surface area contributed by atoms with Crippen LogP contribution in [0.15, 0.2) is 24.5 Å². The topological polar surface area (TPSA) is 48.4 Å². The van der Waals surface area contributed by atoms with Gasteiger partial charge in [-0.25, -0.2) is 0 Å². The third kappa shape index (κ3) is 4.50. The van der Waals surface area contributed by atoms with Gasteiger partial charge in [0.25, 0.3) is 0 Å². The minimum Gasteiger partial charge on any atom is -0.396 e. The van der Waals surface area contributed by atoms with E-state index in [0.717, 1.165) is 32.0 Å². The fourth-order valence-corrected chi connectivity index (χ4v) is 3.40. The van der Waals surface area contributed by atoms with Gasteiger partial charge in [-0.2, -0.15) is 0 Å². The van der Waals surface area contributed by atoms with Crippen LogP contribution in [-0.4, -0.2) is 46.8 Å². The molecule has 0 amide bonds. The summed E-state index contributed by atoms with van der Waals surface area (Å²) in [6.07, 6.45) is 9.80. The second kappa shape index (κ2) is 7.34. The lowest BCUT2D eigenvalue weighted by Gasteiger charge is -2.34. The maximum Gasteiger partial charge on any atom is 0.0445 e. The first kappa shape index (κ1) is 14.9. The summed E-state index contributed by atoms with van der Waals surface area (Å²) in [5.41, 5.74) is 1.35. The van der Waals surface area contributed by atoms with Gasteiger partial charge in [-0.3, -0.25) is 9.88 Å². The van der Waals surface area contributed by atoms with Crippen molar-refractivity contribution in [3.8, 4) is 0 Å². The number of aromatic nitrogens is 1. The summed E-state index contributed by atoms with van der Waals surface area (Å²) in [6.45, 7) is 3.68. The van der Waals surface area contributed by atoms with Crippen LogP contribution in [0.4, 0.5) is 0 Å². The molecule has 0 aromatic carbocycles. The van der Waals surface area contributed by atoms with Crippen molar-refractivity contribution in [3.05, 3.63) is 30.1 Å². The number of hydrogen-bond donors (Lipinski definition) is 2. The predicted octanol–water partition coefficient (Wildman–Crippen LogP) is 1.80. The summed E-state index contributed by atoms with van der Waals surface area (Å²) in [5, 5.41) is 13.0. The van der Waals surface area contributed by atoms with Crippen molar-refractivity contribution >= 4 is 0 Å². The van der Waals surface area contributed by atoms with Crippen molar-refractivity contribution < 1.29 is 5.11 Å². The van der Waals surface area contributed by atoms with Crippen LogP contribution in [0.25, 0.3) is 0 Å². The Morgan fingerprint density at radius 3 is 2.52 bits per heavy atom. The van der Waals surface area contributed by atoms with Gasteiger partial charge in [0.15, 0.2) is 0 Å². The molecule has 4 nitrogen and oxygen atoms in total. The number of nitrogens with one attached hydrogen (secondary N) is 1. The summed E-state index contributed by atoms with van der Waals surface area (Å²) < 4.78 is 0. The molecule has 2 N–H and O–H groups in total. The summed E-state index contributed by atoms with van der Waals surface area (Å²) in [4.78, 5) is 6.61. The Hall–Kier alpha value is -0.970. The zero-order valence-corrected chi connectivity index (χ0v) is 12.7. The Balaban J connectivity index is 1.42. The molecule has 1 aliphatic carbocycles. The average Bonchev–Trinajstić information content (AvgIpc) is 3.35. The molecule has 1 saturated carbocycles. The fourth-order valence-electron chi connectivity index (χ4n) is 3.40. The van der Waals surface area contributed by atoms with Gasteiger partial charge in [0.05, 0.1) is 0 Å². The average molecular weight is 289 g/mol. The van der Waals surface area contributed by atoms with Crippen molar-refractivity contribution in [3.63, 3.8) is 0 Å². The normalized spacial score (nSPS) is 22.3. The lowest BCUT2D eigenvalue weighted by Crippen LogP contribution is -2.47. The Labute approximate surface area is 127 Å². The van der Waals surface area contributed by atoms with Gasteiger partial charge in [0, 0.05) is 37.6 Å². The molecule has 0 radical (unpaired) electrons. The molecular weight excluding hydrogens is 262 g/mol. The maximum absolute atomic E-state index is 9.20. The molecule has 21 heavy (non-hydrogen) atoms. The molecule has 3 rings (SSSR count). The van der Waals surface area contributed by atoms with E-state index in [0.29, 0.717) is 18.7 Å². The first-order chi connectivity index (χ1) is 10.3. The summed E-state index contributed by atoms with van der Waals surface area (Å²) in [6, 6.07) is 5.39. The highest BCUT2D eigenvalue weighted by molar-refractivity contribution is 5.09. The second-order valence-electron chi connectivity index (χ2n) is 6.53. The van der Waals surface area contributed by atoms with E-state index in [2.05, 4.69) is 27.3 Å². The lowest BCUT2D eigenvalue weighted by atomic mass is 10.0. The van der Waals surface area contributed by atoms with Crippen molar-refractivity contribution in [2.75, 3.05) is 19.7 Å². The Kier molecular flexibility index (Phi) is 5.22. The molecule has 0 bridgehead atoms. The maximum atomic E-state index is 9.20. The van der Waals surface area contributed by atoms with Crippen LogP contribution >= 0.6 is 0 Å². The molecule has 0 spiro atoms. The highest BCUT2D eigenvalue weighted by Gasteiger charge is 2.32. The number of aliphatic hydroxyl groups is 1. The van der Waals surface area contributed by atoms with E-state index in [1.807, 2.05) is 12.4 Å². The second-order valence-corrected chi connectivity index (χ2v) is 6.53. The first-order valence-electron chi connectivity index (χ1n) is 8.33. The molecule has 2 aliphatic rings. The van der Waals surface area contributed by atoms with E-state index in [1.165, 1.54) is 31.2 Å². The number of likely N-dealkylation sites (tertiary alicyclic amines) is 1. The quantitative estimate of drug-likeness (QED) is 0.803. The number of rotatable bonds is 7. The number of piperidine rings is 1.